The summed E-state index contributed by atoms with van der Waals surface area (Å²) in [6.45, 7) is 12.4. The van der Waals surface area contributed by atoms with Crippen molar-refractivity contribution in [3.63, 3.8) is 0 Å². The molecule has 26 heavy (non-hydrogen) atoms. The quantitative estimate of drug-likeness (QED) is 0.820. The third-order valence-electron chi connectivity index (χ3n) is 4.94. The van der Waals surface area contributed by atoms with E-state index >= 15 is 0 Å². The summed E-state index contributed by atoms with van der Waals surface area (Å²) in [5.74, 6) is -0.326. The fraction of sp³-hybridized carbons (Fsp3) is 0.722. The van der Waals surface area contributed by atoms with Gasteiger partial charge in [0.1, 0.15) is 11.7 Å². The molecule has 1 saturated heterocycles. The van der Waals surface area contributed by atoms with Gasteiger partial charge in [0.2, 0.25) is 0 Å². The van der Waals surface area contributed by atoms with Gasteiger partial charge in [0.15, 0.2) is 0 Å². The number of anilines is 1. The van der Waals surface area contributed by atoms with Crippen molar-refractivity contribution in [1.82, 2.24) is 14.7 Å². The molecule has 1 aromatic rings. The third kappa shape index (κ3) is 3.18. The van der Waals surface area contributed by atoms with Gasteiger partial charge in [-0.05, 0) is 27.7 Å². The Labute approximate surface area is 153 Å². The lowest BCUT2D eigenvalue weighted by molar-refractivity contribution is -0.126. The van der Waals surface area contributed by atoms with E-state index in [9.17, 15) is 14.7 Å². The average molecular weight is 364 g/mol. The van der Waals surface area contributed by atoms with Crippen LogP contribution >= 0.6 is 0 Å². The highest BCUT2D eigenvalue weighted by Gasteiger charge is 2.47. The summed E-state index contributed by atoms with van der Waals surface area (Å²) in [4.78, 5) is 28.3. The van der Waals surface area contributed by atoms with Crippen LogP contribution in [0.1, 0.15) is 47.2 Å². The summed E-state index contributed by atoms with van der Waals surface area (Å²) in [7, 11) is 0. The molecule has 0 bridgehead atoms. The summed E-state index contributed by atoms with van der Waals surface area (Å²) in [5.41, 5.74) is 0.335. The zero-order chi connectivity index (χ0) is 19.4. The number of nitrogens with zero attached hydrogens (tertiary/aromatic N) is 4. The highest BCUT2D eigenvalue weighted by molar-refractivity contribution is 6.00. The van der Waals surface area contributed by atoms with Crippen LogP contribution in [0, 0.1) is 5.41 Å². The van der Waals surface area contributed by atoms with Crippen LogP contribution in [-0.4, -0.2) is 56.1 Å². The number of amides is 2. The van der Waals surface area contributed by atoms with Crippen molar-refractivity contribution in [3.8, 4) is 0 Å². The van der Waals surface area contributed by atoms with Gasteiger partial charge in [0.05, 0.1) is 36.7 Å². The number of carbonyl (C=O) groups is 2. The summed E-state index contributed by atoms with van der Waals surface area (Å²) in [6, 6.07) is -0.0681. The van der Waals surface area contributed by atoms with Crippen LogP contribution in [0.3, 0.4) is 0 Å². The number of aromatic nitrogens is 2. The van der Waals surface area contributed by atoms with E-state index in [2.05, 4.69) is 5.10 Å². The molecular weight excluding hydrogens is 336 g/mol. The first-order valence-electron chi connectivity index (χ1n) is 8.94. The second kappa shape index (κ2) is 5.97. The molecule has 0 saturated carbocycles. The fourth-order valence-corrected chi connectivity index (χ4v) is 3.43. The van der Waals surface area contributed by atoms with Gasteiger partial charge in [-0.1, -0.05) is 13.8 Å². The third-order valence-corrected chi connectivity index (χ3v) is 4.94. The minimum absolute atomic E-state index is 0.0681. The highest BCUT2D eigenvalue weighted by atomic mass is 16.6. The Morgan fingerprint density at radius 2 is 2.04 bits per heavy atom. The molecule has 0 spiro atoms. The number of ether oxygens (including phenoxy) is 1. The zero-order valence-electron chi connectivity index (χ0n) is 16.3. The predicted octanol–water partition coefficient (Wildman–Crippen LogP) is 1.76. The van der Waals surface area contributed by atoms with Gasteiger partial charge >= 0.3 is 6.09 Å². The SMILES string of the molecule is C[C@H]1Cn2ncc(N3CC(C)(C)C(O)C3=O)c2CN1C(=O)OC(C)(C)C. The van der Waals surface area contributed by atoms with Crippen molar-refractivity contribution in [2.24, 2.45) is 5.41 Å². The Morgan fingerprint density at radius 1 is 1.38 bits per heavy atom. The van der Waals surface area contributed by atoms with Crippen LogP contribution in [-0.2, 0) is 22.6 Å². The van der Waals surface area contributed by atoms with E-state index in [0.717, 1.165) is 5.69 Å². The summed E-state index contributed by atoms with van der Waals surface area (Å²) in [5, 5.41) is 14.6. The standard InChI is InChI=1S/C18H28N4O4/c1-11-8-22-13(9-20(11)16(25)26-17(2,3)4)12(7-19-22)21-10-18(5,6)14(23)15(21)24/h7,11,14,23H,8-10H2,1-6H3/t11-,14?/m0/s1. The second-order valence-electron chi connectivity index (χ2n) is 8.93. The maximum atomic E-state index is 12.6. The molecule has 3 rings (SSSR count). The van der Waals surface area contributed by atoms with Gasteiger partial charge in [0, 0.05) is 12.0 Å². The molecule has 0 radical (unpaired) electrons. The van der Waals surface area contributed by atoms with E-state index in [1.807, 2.05) is 46.2 Å². The molecule has 2 amide bonds. The fourth-order valence-electron chi connectivity index (χ4n) is 3.43. The zero-order valence-corrected chi connectivity index (χ0v) is 16.3. The van der Waals surface area contributed by atoms with E-state index < -0.39 is 17.1 Å². The highest BCUT2D eigenvalue weighted by Crippen LogP contribution is 2.37. The minimum atomic E-state index is -1.04. The van der Waals surface area contributed by atoms with Crippen LogP contribution in [0.15, 0.2) is 6.20 Å². The molecule has 8 nitrogen and oxygen atoms in total. The molecule has 1 N–H and O–H groups in total. The molecule has 0 aliphatic carbocycles. The molecular formula is C18H28N4O4. The number of carbonyl (C=O) groups excluding carboxylic acids is 2. The maximum Gasteiger partial charge on any atom is 0.410 e. The lowest BCUT2D eigenvalue weighted by Gasteiger charge is -2.36. The normalized spacial score (nSPS) is 25.4. The van der Waals surface area contributed by atoms with Gasteiger partial charge in [0.25, 0.3) is 5.91 Å². The Hall–Kier alpha value is -2.09. The largest absolute Gasteiger partial charge is 0.444 e. The van der Waals surface area contributed by atoms with Crippen molar-refractivity contribution in [1.29, 1.82) is 0 Å². The van der Waals surface area contributed by atoms with Crippen molar-refractivity contribution in [2.75, 3.05) is 11.4 Å². The first-order chi connectivity index (χ1) is 11.9. The number of hydrogen-bond donors (Lipinski definition) is 1. The molecule has 1 aromatic heterocycles. The molecule has 2 atom stereocenters. The van der Waals surface area contributed by atoms with Crippen LogP contribution in [0.4, 0.5) is 10.5 Å². The molecule has 2 aliphatic heterocycles. The summed E-state index contributed by atoms with van der Waals surface area (Å²) < 4.78 is 7.34. The summed E-state index contributed by atoms with van der Waals surface area (Å²) >= 11 is 0. The van der Waals surface area contributed by atoms with Crippen LogP contribution < -0.4 is 4.90 Å². The Kier molecular flexibility index (Phi) is 4.29. The van der Waals surface area contributed by atoms with Crippen molar-refractivity contribution >= 4 is 17.7 Å². The van der Waals surface area contributed by atoms with E-state index in [0.29, 0.717) is 25.3 Å². The molecule has 144 valence electrons. The first-order valence-corrected chi connectivity index (χ1v) is 8.94. The van der Waals surface area contributed by atoms with Gasteiger partial charge in [-0.25, -0.2) is 4.79 Å². The Morgan fingerprint density at radius 3 is 2.58 bits per heavy atom. The smallest absolute Gasteiger partial charge is 0.410 e. The Bertz CT molecular complexity index is 734. The van der Waals surface area contributed by atoms with Gasteiger partial charge in [-0.3, -0.25) is 14.4 Å². The monoisotopic (exact) mass is 364 g/mol. The van der Waals surface area contributed by atoms with Crippen molar-refractivity contribution in [3.05, 3.63) is 11.9 Å². The molecule has 3 heterocycles. The second-order valence-corrected chi connectivity index (χ2v) is 8.93. The van der Waals surface area contributed by atoms with Gasteiger partial charge in [-0.15, -0.1) is 0 Å². The van der Waals surface area contributed by atoms with Crippen molar-refractivity contribution < 1.29 is 19.4 Å². The Balaban J connectivity index is 1.88. The molecule has 0 aromatic carbocycles. The topological polar surface area (TPSA) is 87.9 Å². The van der Waals surface area contributed by atoms with Gasteiger partial charge < -0.3 is 14.7 Å². The van der Waals surface area contributed by atoms with E-state index in [1.165, 1.54) is 0 Å². The van der Waals surface area contributed by atoms with Gasteiger partial charge in [-0.2, -0.15) is 5.10 Å². The van der Waals surface area contributed by atoms with Crippen LogP contribution in [0.25, 0.3) is 0 Å². The minimum Gasteiger partial charge on any atom is -0.444 e. The first kappa shape index (κ1) is 18.7. The molecule has 2 aliphatic rings. The van der Waals surface area contributed by atoms with Crippen molar-refractivity contribution in [2.45, 2.75) is 72.4 Å². The molecule has 8 heteroatoms. The number of fused-ring (bicyclic) bond motifs is 1. The van der Waals surface area contributed by atoms with E-state index in [1.54, 1.807) is 16.0 Å². The maximum absolute atomic E-state index is 12.6. The summed E-state index contributed by atoms with van der Waals surface area (Å²) in [6.07, 6.45) is 0.228. The van der Waals surface area contributed by atoms with E-state index in [4.69, 9.17) is 4.74 Å². The number of aliphatic hydroxyl groups excluding tert-OH is 1. The predicted molar refractivity (Wildman–Crippen MR) is 95.6 cm³/mol. The lowest BCUT2D eigenvalue weighted by atomic mass is 9.90. The molecule has 1 unspecified atom stereocenters. The lowest BCUT2D eigenvalue weighted by Crippen LogP contribution is -2.47. The van der Waals surface area contributed by atoms with E-state index in [-0.39, 0.29) is 18.0 Å². The van der Waals surface area contributed by atoms with Crippen LogP contribution in [0.2, 0.25) is 0 Å². The number of aliphatic hydroxyl groups is 1. The molecule has 1 fully saturated rings. The number of hydrogen-bond acceptors (Lipinski definition) is 5. The van der Waals surface area contributed by atoms with Crippen LogP contribution in [0.5, 0.6) is 0 Å². The average Bonchev–Trinajstić information content (AvgIpc) is 2.98. The number of rotatable bonds is 1.